The third kappa shape index (κ3) is 14.5. The molecular formula is C17H24O2. The van der Waals surface area contributed by atoms with Crippen molar-refractivity contribution in [2.45, 2.75) is 51.6 Å². The van der Waals surface area contributed by atoms with Crippen LogP contribution in [0.2, 0.25) is 0 Å². The van der Waals surface area contributed by atoms with E-state index in [-0.39, 0.29) is 12.7 Å². The molecule has 104 valence electrons. The molecule has 0 aromatic carbocycles. The van der Waals surface area contributed by atoms with E-state index in [1.807, 2.05) is 6.08 Å². The van der Waals surface area contributed by atoms with Crippen LogP contribution in [0.15, 0.2) is 24.3 Å². The fourth-order valence-corrected chi connectivity index (χ4v) is 1.35. The zero-order valence-electron chi connectivity index (χ0n) is 11.7. The average Bonchev–Trinajstić information content (AvgIpc) is 2.41. The van der Waals surface area contributed by atoms with Crippen LogP contribution >= 0.6 is 0 Å². The minimum absolute atomic E-state index is 0.174. The fourth-order valence-electron chi connectivity index (χ4n) is 1.35. The van der Waals surface area contributed by atoms with Crippen LogP contribution in [0.5, 0.6) is 0 Å². The summed E-state index contributed by atoms with van der Waals surface area (Å²) < 4.78 is 0. The zero-order valence-corrected chi connectivity index (χ0v) is 11.7. The molecule has 19 heavy (non-hydrogen) atoms. The topological polar surface area (TPSA) is 40.5 Å². The van der Waals surface area contributed by atoms with Crippen molar-refractivity contribution in [3.8, 4) is 23.7 Å². The van der Waals surface area contributed by atoms with Crippen LogP contribution in [0.25, 0.3) is 0 Å². The van der Waals surface area contributed by atoms with Gasteiger partial charge in [0.25, 0.3) is 0 Å². The van der Waals surface area contributed by atoms with Crippen molar-refractivity contribution in [1.82, 2.24) is 0 Å². The Kier molecular flexibility index (Phi) is 13.4. The normalized spacial score (nSPS) is 11.9. The molecule has 0 aliphatic rings. The molecule has 0 spiro atoms. The van der Waals surface area contributed by atoms with Crippen LogP contribution in [0.1, 0.15) is 45.4 Å². The Balaban J connectivity index is 3.76. The zero-order chi connectivity index (χ0) is 14.2. The molecule has 0 saturated carbocycles. The first kappa shape index (κ1) is 17.5. The number of hydrogen-bond acceptors (Lipinski definition) is 2. The van der Waals surface area contributed by atoms with Crippen molar-refractivity contribution in [3.63, 3.8) is 0 Å². The molecule has 2 nitrogen and oxygen atoms in total. The standard InChI is InChI=1S/C17H24O2/c1-2-3-11-14-17(19)15-12-9-7-5-4-6-8-10-13-16-18/h7,9,12,15,17-19H,2-3,10-11,13-14,16H2,1H3/b9-7+,15-12+. The SMILES string of the molecule is CCCCCC(O)/C=C/C=C/C#CC#CCCCO. The third-order valence-electron chi connectivity index (χ3n) is 2.41. The Bertz CT molecular complexity index is 372. The first-order chi connectivity index (χ1) is 9.31. The van der Waals surface area contributed by atoms with E-state index in [1.165, 1.54) is 12.8 Å². The highest BCUT2D eigenvalue weighted by atomic mass is 16.3. The molecule has 0 aromatic rings. The van der Waals surface area contributed by atoms with Crippen molar-refractivity contribution in [1.29, 1.82) is 0 Å². The summed E-state index contributed by atoms with van der Waals surface area (Å²) in [5, 5.41) is 18.1. The van der Waals surface area contributed by atoms with Gasteiger partial charge in [0.05, 0.1) is 6.10 Å². The third-order valence-corrected chi connectivity index (χ3v) is 2.41. The molecule has 0 heterocycles. The smallest absolute Gasteiger partial charge is 0.0723 e. The van der Waals surface area contributed by atoms with Crippen LogP contribution in [0.4, 0.5) is 0 Å². The van der Waals surface area contributed by atoms with Gasteiger partial charge in [-0.05, 0) is 30.8 Å². The van der Waals surface area contributed by atoms with Crippen molar-refractivity contribution in [2.24, 2.45) is 0 Å². The van der Waals surface area contributed by atoms with E-state index >= 15 is 0 Å². The molecular weight excluding hydrogens is 236 g/mol. The van der Waals surface area contributed by atoms with Gasteiger partial charge in [-0.15, -0.1) is 0 Å². The Labute approximate surface area is 117 Å². The summed E-state index contributed by atoms with van der Waals surface area (Å²) in [5.41, 5.74) is 0. The molecule has 0 aliphatic heterocycles. The molecule has 0 bridgehead atoms. The molecule has 2 N–H and O–H groups in total. The summed E-state index contributed by atoms with van der Waals surface area (Å²) in [7, 11) is 0. The maximum atomic E-state index is 9.60. The monoisotopic (exact) mass is 260 g/mol. The lowest BCUT2D eigenvalue weighted by atomic mass is 10.1. The molecule has 0 amide bonds. The Morgan fingerprint density at radius 1 is 1.11 bits per heavy atom. The summed E-state index contributed by atoms with van der Waals surface area (Å²) in [4.78, 5) is 0. The Morgan fingerprint density at radius 2 is 1.95 bits per heavy atom. The highest BCUT2D eigenvalue weighted by molar-refractivity contribution is 5.31. The molecule has 1 atom stereocenters. The molecule has 2 heteroatoms. The van der Waals surface area contributed by atoms with Crippen molar-refractivity contribution >= 4 is 0 Å². The molecule has 1 unspecified atom stereocenters. The van der Waals surface area contributed by atoms with E-state index in [2.05, 4.69) is 30.6 Å². The lowest BCUT2D eigenvalue weighted by Gasteiger charge is -2.02. The molecule has 0 aromatic heterocycles. The van der Waals surface area contributed by atoms with Crippen LogP contribution in [-0.4, -0.2) is 22.9 Å². The first-order valence-corrected chi connectivity index (χ1v) is 6.92. The summed E-state index contributed by atoms with van der Waals surface area (Å²) in [6, 6.07) is 0. The van der Waals surface area contributed by atoms with E-state index in [0.717, 1.165) is 12.8 Å². The molecule has 0 radical (unpaired) electrons. The summed E-state index contributed by atoms with van der Waals surface area (Å²) >= 11 is 0. The van der Waals surface area contributed by atoms with Crippen LogP contribution < -0.4 is 0 Å². The Morgan fingerprint density at radius 3 is 2.68 bits per heavy atom. The van der Waals surface area contributed by atoms with E-state index in [0.29, 0.717) is 12.8 Å². The molecule has 0 saturated heterocycles. The fraction of sp³-hybridized carbons (Fsp3) is 0.529. The number of hydrogen-bond donors (Lipinski definition) is 2. The van der Waals surface area contributed by atoms with Gasteiger partial charge in [0, 0.05) is 13.0 Å². The first-order valence-electron chi connectivity index (χ1n) is 6.92. The summed E-state index contributed by atoms with van der Waals surface area (Å²) in [6.45, 7) is 2.32. The number of unbranched alkanes of at least 4 members (excludes halogenated alkanes) is 3. The average molecular weight is 260 g/mol. The van der Waals surface area contributed by atoms with Crippen LogP contribution in [-0.2, 0) is 0 Å². The summed E-state index contributed by atoms with van der Waals surface area (Å²) in [5.74, 6) is 11.0. The predicted molar refractivity (Wildman–Crippen MR) is 80.3 cm³/mol. The quantitative estimate of drug-likeness (QED) is 0.400. The Hall–Kier alpha value is -1.48. The lowest BCUT2D eigenvalue weighted by Crippen LogP contribution is -2.00. The van der Waals surface area contributed by atoms with Crippen LogP contribution in [0, 0.1) is 23.7 Å². The second-order valence-electron chi connectivity index (χ2n) is 4.21. The second kappa shape index (κ2) is 14.6. The van der Waals surface area contributed by atoms with Crippen molar-refractivity contribution in [2.75, 3.05) is 6.61 Å². The lowest BCUT2D eigenvalue weighted by molar-refractivity contribution is 0.208. The van der Waals surface area contributed by atoms with Gasteiger partial charge in [0.2, 0.25) is 0 Å². The molecule has 0 fully saturated rings. The maximum Gasteiger partial charge on any atom is 0.0723 e. The number of rotatable bonds is 8. The largest absolute Gasteiger partial charge is 0.396 e. The van der Waals surface area contributed by atoms with Crippen molar-refractivity contribution in [3.05, 3.63) is 24.3 Å². The molecule has 0 rings (SSSR count). The minimum atomic E-state index is -0.359. The van der Waals surface area contributed by atoms with Crippen molar-refractivity contribution < 1.29 is 10.2 Å². The maximum absolute atomic E-state index is 9.60. The van der Waals surface area contributed by atoms with E-state index in [9.17, 15) is 5.11 Å². The predicted octanol–water partition coefficient (Wildman–Crippen LogP) is 2.82. The van der Waals surface area contributed by atoms with E-state index < -0.39 is 0 Å². The van der Waals surface area contributed by atoms with Crippen LogP contribution in [0.3, 0.4) is 0 Å². The van der Waals surface area contributed by atoms with E-state index in [4.69, 9.17) is 5.11 Å². The van der Waals surface area contributed by atoms with E-state index in [1.54, 1.807) is 18.2 Å². The highest BCUT2D eigenvalue weighted by Crippen LogP contribution is 2.03. The van der Waals surface area contributed by atoms with Gasteiger partial charge >= 0.3 is 0 Å². The number of allylic oxidation sites excluding steroid dienone is 3. The molecule has 0 aliphatic carbocycles. The summed E-state index contributed by atoms with van der Waals surface area (Å²) in [6.07, 6.45) is 12.3. The second-order valence-corrected chi connectivity index (χ2v) is 4.21. The van der Waals surface area contributed by atoms with Gasteiger partial charge in [-0.3, -0.25) is 0 Å². The van der Waals surface area contributed by atoms with Gasteiger partial charge in [-0.1, -0.05) is 56.3 Å². The highest BCUT2D eigenvalue weighted by Gasteiger charge is 1.96. The minimum Gasteiger partial charge on any atom is -0.396 e. The number of aliphatic hydroxyl groups excluding tert-OH is 2. The van der Waals surface area contributed by atoms with Gasteiger partial charge in [-0.25, -0.2) is 0 Å². The van der Waals surface area contributed by atoms with Gasteiger partial charge < -0.3 is 10.2 Å². The number of aliphatic hydroxyl groups is 2. The van der Waals surface area contributed by atoms with Gasteiger partial charge in [0.1, 0.15) is 0 Å². The van der Waals surface area contributed by atoms with Gasteiger partial charge in [0.15, 0.2) is 0 Å². The van der Waals surface area contributed by atoms with Gasteiger partial charge in [-0.2, -0.15) is 0 Å².